The van der Waals surface area contributed by atoms with E-state index >= 15 is 0 Å². The summed E-state index contributed by atoms with van der Waals surface area (Å²) in [4.78, 5) is 22.9. The van der Waals surface area contributed by atoms with Gasteiger partial charge < -0.3 is 9.47 Å². The van der Waals surface area contributed by atoms with E-state index in [0.29, 0.717) is 18.9 Å². The summed E-state index contributed by atoms with van der Waals surface area (Å²) < 4.78 is 10.2. The summed E-state index contributed by atoms with van der Waals surface area (Å²) >= 11 is 0. The van der Waals surface area contributed by atoms with Crippen molar-refractivity contribution in [1.82, 2.24) is 0 Å². The van der Waals surface area contributed by atoms with Crippen molar-refractivity contribution in [2.45, 2.75) is 46.6 Å². The Kier molecular flexibility index (Phi) is 7.51. The quantitative estimate of drug-likeness (QED) is 0.689. The maximum absolute atomic E-state index is 11.6. The minimum absolute atomic E-state index is 0.239. The highest BCUT2D eigenvalue weighted by molar-refractivity contribution is 5.72. The Morgan fingerprint density at radius 3 is 2.38 bits per heavy atom. The Morgan fingerprint density at radius 1 is 1.10 bits per heavy atom. The van der Waals surface area contributed by atoms with Crippen LogP contribution in [0.1, 0.15) is 44.2 Å². The zero-order valence-corrected chi connectivity index (χ0v) is 13.1. The van der Waals surface area contributed by atoms with Crippen LogP contribution in [0.5, 0.6) is 0 Å². The van der Waals surface area contributed by atoms with Crippen LogP contribution in [0.15, 0.2) is 24.3 Å². The van der Waals surface area contributed by atoms with Crippen molar-refractivity contribution >= 4 is 11.9 Å². The largest absolute Gasteiger partial charge is 0.465 e. The monoisotopic (exact) mass is 292 g/mol. The Labute approximate surface area is 126 Å². The van der Waals surface area contributed by atoms with Gasteiger partial charge in [0.2, 0.25) is 0 Å². The third kappa shape index (κ3) is 8.12. The van der Waals surface area contributed by atoms with Crippen molar-refractivity contribution < 1.29 is 19.1 Å². The third-order valence-electron chi connectivity index (χ3n) is 2.82. The van der Waals surface area contributed by atoms with Gasteiger partial charge >= 0.3 is 11.9 Å². The molecule has 0 unspecified atom stereocenters. The lowest BCUT2D eigenvalue weighted by Gasteiger charge is -2.07. The summed E-state index contributed by atoms with van der Waals surface area (Å²) in [6.45, 7) is 6.66. The molecular weight excluding hydrogens is 268 g/mol. The number of rotatable bonds is 8. The van der Waals surface area contributed by atoms with Crippen LogP contribution in [0.3, 0.4) is 0 Å². The second-order valence-corrected chi connectivity index (χ2v) is 5.58. The summed E-state index contributed by atoms with van der Waals surface area (Å²) in [7, 11) is 0. The molecule has 0 saturated heterocycles. The SMILES string of the molecule is Cc1cccc(COC(=O)CCCC(=O)OCC(C)C)c1. The highest BCUT2D eigenvalue weighted by atomic mass is 16.5. The van der Waals surface area contributed by atoms with Crippen LogP contribution < -0.4 is 0 Å². The van der Waals surface area contributed by atoms with Gasteiger partial charge in [0.25, 0.3) is 0 Å². The molecule has 0 aromatic heterocycles. The number of ether oxygens (including phenoxy) is 2. The molecule has 0 amide bonds. The number of benzene rings is 1. The topological polar surface area (TPSA) is 52.6 Å². The molecule has 1 aromatic carbocycles. The standard InChI is InChI=1S/C17H24O4/c1-13(2)11-20-16(18)8-5-9-17(19)21-12-15-7-4-6-14(3)10-15/h4,6-7,10,13H,5,8-9,11-12H2,1-3H3. The lowest BCUT2D eigenvalue weighted by molar-refractivity contribution is -0.146. The molecule has 1 rings (SSSR count). The number of hydrogen-bond acceptors (Lipinski definition) is 4. The number of hydrogen-bond donors (Lipinski definition) is 0. The first kappa shape index (κ1) is 17.2. The second-order valence-electron chi connectivity index (χ2n) is 5.58. The molecule has 4 nitrogen and oxygen atoms in total. The van der Waals surface area contributed by atoms with Gasteiger partial charge in [0, 0.05) is 12.8 Å². The van der Waals surface area contributed by atoms with Crippen molar-refractivity contribution in [1.29, 1.82) is 0 Å². The van der Waals surface area contributed by atoms with Crippen molar-refractivity contribution in [3.63, 3.8) is 0 Å². The first-order valence-electron chi connectivity index (χ1n) is 7.34. The fraction of sp³-hybridized carbons (Fsp3) is 0.529. The summed E-state index contributed by atoms with van der Waals surface area (Å²) in [5.74, 6) is -0.211. The number of esters is 2. The second kappa shape index (κ2) is 9.16. The third-order valence-corrected chi connectivity index (χ3v) is 2.82. The van der Waals surface area contributed by atoms with Gasteiger partial charge in [-0.25, -0.2) is 0 Å². The maximum atomic E-state index is 11.6. The highest BCUT2D eigenvalue weighted by Gasteiger charge is 2.08. The fourth-order valence-corrected chi connectivity index (χ4v) is 1.75. The van der Waals surface area contributed by atoms with Gasteiger partial charge in [-0.1, -0.05) is 43.7 Å². The number of carbonyl (C=O) groups excluding carboxylic acids is 2. The molecule has 4 heteroatoms. The number of aryl methyl sites for hydroxylation is 1. The molecule has 0 aliphatic carbocycles. The fourth-order valence-electron chi connectivity index (χ4n) is 1.75. The average Bonchev–Trinajstić information content (AvgIpc) is 2.43. The summed E-state index contributed by atoms with van der Waals surface area (Å²) in [5.41, 5.74) is 2.11. The summed E-state index contributed by atoms with van der Waals surface area (Å²) in [6.07, 6.45) is 0.957. The Balaban J connectivity index is 2.15. The van der Waals surface area contributed by atoms with E-state index in [4.69, 9.17) is 9.47 Å². The molecule has 0 heterocycles. The molecule has 0 atom stereocenters. The van der Waals surface area contributed by atoms with Crippen molar-refractivity contribution in [2.75, 3.05) is 6.61 Å². The molecular formula is C17H24O4. The molecule has 0 bridgehead atoms. The Bertz CT molecular complexity index is 466. The van der Waals surface area contributed by atoms with Crippen LogP contribution in [0, 0.1) is 12.8 Å². The summed E-state index contributed by atoms with van der Waals surface area (Å²) in [5, 5.41) is 0. The van der Waals surface area contributed by atoms with Crippen molar-refractivity contribution in [2.24, 2.45) is 5.92 Å². The minimum atomic E-state index is -0.284. The van der Waals surface area contributed by atoms with Gasteiger partial charge in [0.15, 0.2) is 0 Å². The molecule has 0 N–H and O–H groups in total. The first-order chi connectivity index (χ1) is 9.97. The van der Waals surface area contributed by atoms with Gasteiger partial charge in [-0.2, -0.15) is 0 Å². The van der Waals surface area contributed by atoms with E-state index in [2.05, 4.69) is 0 Å². The zero-order chi connectivity index (χ0) is 15.7. The van der Waals surface area contributed by atoms with Crippen LogP contribution in [0.4, 0.5) is 0 Å². The smallest absolute Gasteiger partial charge is 0.306 e. The van der Waals surface area contributed by atoms with Crippen LogP contribution >= 0.6 is 0 Å². The lowest BCUT2D eigenvalue weighted by Crippen LogP contribution is -2.11. The molecule has 116 valence electrons. The molecule has 0 saturated carbocycles. The van der Waals surface area contributed by atoms with E-state index in [1.165, 1.54) is 0 Å². The predicted octanol–water partition coefficient (Wildman–Crippen LogP) is 3.41. The van der Waals surface area contributed by atoms with Crippen LogP contribution in [0.25, 0.3) is 0 Å². The van der Waals surface area contributed by atoms with Gasteiger partial charge in [0.1, 0.15) is 6.61 Å². The molecule has 0 radical (unpaired) electrons. The van der Waals surface area contributed by atoms with E-state index in [0.717, 1.165) is 11.1 Å². The average molecular weight is 292 g/mol. The molecule has 0 spiro atoms. The Morgan fingerprint density at radius 2 is 1.76 bits per heavy atom. The predicted molar refractivity (Wildman–Crippen MR) is 80.6 cm³/mol. The zero-order valence-electron chi connectivity index (χ0n) is 13.1. The minimum Gasteiger partial charge on any atom is -0.465 e. The van der Waals surface area contributed by atoms with Crippen LogP contribution in [-0.2, 0) is 25.7 Å². The van der Waals surface area contributed by atoms with Gasteiger partial charge in [-0.05, 0) is 24.8 Å². The van der Waals surface area contributed by atoms with Crippen molar-refractivity contribution in [3.8, 4) is 0 Å². The maximum Gasteiger partial charge on any atom is 0.306 e. The molecule has 0 aliphatic heterocycles. The van der Waals surface area contributed by atoms with E-state index < -0.39 is 0 Å². The van der Waals surface area contributed by atoms with Crippen molar-refractivity contribution in [3.05, 3.63) is 35.4 Å². The lowest BCUT2D eigenvalue weighted by atomic mass is 10.1. The van der Waals surface area contributed by atoms with E-state index in [-0.39, 0.29) is 31.4 Å². The van der Waals surface area contributed by atoms with Gasteiger partial charge in [-0.3, -0.25) is 9.59 Å². The normalized spacial score (nSPS) is 10.5. The molecule has 0 aliphatic rings. The molecule has 1 aromatic rings. The van der Waals surface area contributed by atoms with Crippen LogP contribution in [0.2, 0.25) is 0 Å². The number of carbonyl (C=O) groups is 2. The van der Waals surface area contributed by atoms with Gasteiger partial charge in [-0.15, -0.1) is 0 Å². The molecule has 0 fully saturated rings. The van der Waals surface area contributed by atoms with Gasteiger partial charge in [0.05, 0.1) is 6.61 Å². The van der Waals surface area contributed by atoms with E-state index in [1.807, 2.05) is 45.0 Å². The Hall–Kier alpha value is -1.84. The van der Waals surface area contributed by atoms with Crippen LogP contribution in [-0.4, -0.2) is 18.5 Å². The summed E-state index contributed by atoms with van der Waals surface area (Å²) in [6, 6.07) is 7.83. The van der Waals surface area contributed by atoms with E-state index in [1.54, 1.807) is 0 Å². The van der Waals surface area contributed by atoms with E-state index in [9.17, 15) is 9.59 Å². The highest BCUT2D eigenvalue weighted by Crippen LogP contribution is 2.07. The molecule has 21 heavy (non-hydrogen) atoms. The first-order valence-corrected chi connectivity index (χ1v) is 7.34.